The molecule has 0 bridgehead atoms. The van der Waals surface area contributed by atoms with Crippen LogP contribution < -0.4 is 20.1 Å². The number of nitrogens with zero attached hydrogens (tertiary/aromatic N) is 5. The molecule has 2 heterocycles. The highest BCUT2D eigenvalue weighted by Gasteiger charge is 2.24. The van der Waals surface area contributed by atoms with E-state index in [4.69, 9.17) is 21.1 Å². The smallest absolute Gasteiger partial charge is 0.353 e. The molecule has 3 rings (SSSR count). The lowest BCUT2D eigenvalue weighted by Gasteiger charge is -2.14. The van der Waals surface area contributed by atoms with E-state index in [1.54, 1.807) is 24.7 Å². The van der Waals surface area contributed by atoms with Crippen molar-refractivity contribution in [2.24, 2.45) is 0 Å². The highest BCUT2D eigenvalue weighted by atomic mass is 35.5. The van der Waals surface area contributed by atoms with Crippen LogP contribution in [0, 0.1) is 10.1 Å². The summed E-state index contributed by atoms with van der Waals surface area (Å²) >= 11 is 6.18. The van der Waals surface area contributed by atoms with Crippen LogP contribution in [0.5, 0.6) is 11.5 Å². The fourth-order valence-electron chi connectivity index (χ4n) is 2.75. The minimum Gasteiger partial charge on any atom is -0.495 e. The molecular weight excluding hydrogens is 414 g/mol. The third-order valence-corrected chi connectivity index (χ3v) is 4.47. The Balaban J connectivity index is 1.81. The van der Waals surface area contributed by atoms with E-state index in [9.17, 15) is 10.1 Å². The number of nitrogens with one attached hydrogen (secondary N) is 2. The van der Waals surface area contributed by atoms with Gasteiger partial charge in [0.25, 0.3) is 0 Å². The van der Waals surface area contributed by atoms with Crippen LogP contribution in [-0.4, -0.2) is 45.2 Å². The lowest BCUT2D eigenvalue weighted by Crippen LogP contribution is -2.11. The normalized spacial score (nSPS) is 10.5. The maximum atomic E-state index is 11.7. The molecule has 0 saturated carbocycles. The van der Waals surface area contributed by atoms with Gasteiger partial charge in [-0.1, -0.05) is 11.6 Å². The number of halogens is 1. The molecule has 0 amide bonds. The van der Waals surface area contributed by atoms with Gasteiger partial charge in [0.05, 0.1) is 36.2 Å². The molecule has 1 aromatic carbocycles. The number of aromatic nitrogens is 4. The number of hydrogen-bond donors (Lipinski definition) is 2. The summed E-state index contributed by atoms with van der Waals surface area (Å²) in [7, 11) is 2.95. The van der Waals surface area contributed by atoms with Crippen LogP contribution >= 0.6 is 11.6 Å². The first-order valence-electron chi connectivity index (χ1n) is 8.91. The van der Waals surface area contributed by atoms with Crippen molar-refractivity contribution >= 4 is 34.6 Å². The Labute approximate surface area is 177 Å². The standard InChI is InChI=1S/C18H20ClN7O4/c1-29-14-9-15(30-2)13(8-12(14)19)24-18-16(26(27)28)17(22-10-23-18)21-4-3-6-25-7-5-20-11-25/h5,7-11H,3-4,6H2,1-2H3,(H2,21,22,23,24). The summed E-state index contributed by atoms with van der Waals surface area (Å²) in [6.07, 6.45) is 7.22. The van der Waals surface area contributed by atoms with E-state index < -0.39 is 4.92 Å². The highest BCUT2D eigenvalue weighted by molar-refractivity contribution is 6.32. The molecule has 0 radical (unpaired) electrons. The summed E-state index contributed by atoms with van der Waals surface area (Å²) < 4.78 is 12.4. The van der Waals surface area contributed by atoms with E-state index in [1.807, 2.05) is 10.8 Å². The SMILES string of the molecule is COc1cc(OC)c(Nc2ncnc(NCCCn3ccnc3)c2[N+](=O)[O-])cc1Cl. The van der Waals surface area contributed by atoms with E-state index in [2.05, 4.69) is 25.6 Å². The Kier molecular flexibility index (Phi) is 6.86. The Bertz CT molecular complexity index is 1010. The van der Waals surface area contributed by atoms with Crippen LogP contribution in [0.15, 0.2) is 37.2 Å². The summed E-state index contributed by atoms with van der Waals surface area (Å²) in [6, 6.07) is 3.12. The molecule has 30 heavy (non-hydrogen) atoms. The predicted octanol–water partition coefficient (Wildman–Crippen LogP) is 3.50. The number of rotatable bonds is 10. The zero-order chi connectivity index (χ0) is 21.5. The zero-order valence-electron chi connectivity index (χ0n) is 16.3. The third-order valence-electron chi connectivity index (χ3n) is 4.18. The summed E-state index contributed by atoms with van der Waals surface area (Å²) in [5, 5.41) is 18.0. The first-order valence-corrected chi connectivity index (χ1v) is 9.28. The quantitative estimate of drug-likeness (QED) is 0.280. The van der Waals surface area contributed by atoms with Crippen molar-refractivity contribution in [1.29, 1.82) is 0 Å². The molecule has 0 atom stereocenters. The van der Waals surface area contributed by atoms with Crippen molar-refractivity contribution in [1.82, 2.24) is 19.5 Å². The number of ether oxygens (including phenoxy) is 2. The van der Waals surface area contributed by atoms with Gasteiger partial charge < -0.3 is 24.7 Å². The van der Waals surface area contributed by atoms with Gasteiger partial charge in [0.2, 0.25) is 11.6 Å². The van der Waals surface area contributed by atoms with E-state index in [1.165, 1.54) is 20.5 Å². The molecule has 12 heteroatoms. The molecule has 0 aliphatic carbocycles. The molecular formula is C18H20ClN7O4. The Morgan fingerprint density at radius 2 is 1.97 bits per heavy atom. The first kappa shape index (κ1) is 21.1. The minimum absolute atomic E-state index is 0.00615. The van der Waals surface area contributed by atoms with Crippen LogP contribution in [0.4, 0.5) is 23.0 Å². The molecule has 0 fully saturated rings. The average Bonchev–Trinajstić information content (AvgIpc) is 3.25. The van der Waals surface area contributed by atoms with Gasteiger partial charge in [-0.3, -0.25) is 10.1 Å². The maximum absolute atomic E-state index is 11.7. The summed E-state index contributed by atoms with van der Waals surface area (Å²) in [5.41, 5.74) is 0.116. The topological polar surface area (TPSA) is 129 Å². The number of nitro groups is 1. The van der Waals surface area contributed by atoms with E-state index in [0.717, 1.165) is 13.0 Å². The summed E-state index contributed by atoms with van der Waals surface area (Å²) in [6.45, 7) is 1.20. The molecule has 0 aliphatic heterocycles. The maximum Gasteiger partial charge on any atom is 0.353 e. The molecule has 2 N–H and O–H groups in total. The van der Waals surface area contributed by atoms with Gasteiger partial charge in [0.15, 0.2) is 0 Å². The minimum atomic E-state index is -0.544. The zero-order valence-corrected chi connectivity index (χ0v) is 17.1. The number of hydrogen-bond acceptors (Lipinski definition) is 9. The number of methoxy groups -OCH3 is 2. The van der Waals surface area contributed by atoms with Gasteiger partial charge in [0, 0.05) is 31.5 Å². The molecule has 11 nitrogen and oxygen atoms in total. The predicted molar refractivity (Wildman–Crippen MR) is 112 cm³/mol. The van der Waals surface area contributed by atoms with Gasteiger partial charge in [-0.15, -0.1) is 0 Å². The van der Waals surface area contributed by atoms with Crippen molar-refractivity contribution in [3.05, 3.63) is 52.3 Å². The first-order chi connectivity index (χ1) is 14.5. The molecule has 3 aromatic rings. The van der Waals surface area contributed by atoms with Gasteiger partial charge in [-0.2, -0.15) is 0 Å². The second kappa shape index (κ2) is 9.74. The molecule has 2 aromatic heterocycles. The van der Waals surface area contributed by atoms with E-state index in [0.29, 0.717) is 28.8 Å². The lowest BCUT2D eigenvalue weighted by molar-refractivity contribution is -0.383. The van der Waals surface area contributed by atoms with Crippen LogP contribution in [-0.2, 0) is 6.54 Å². The lowest BCUT2D eigenvalue weighted by atomic mass is 10.2. The molecule has 0 aliphatic rings. The monoisotopic (exact) mass is 433 g/mol. The Morgan fingerprint density at radius 1 is 1.20 bits per heavy atom. The van der Waals surface area contributed by atoms with Crippen molar-refractivity contribution in [3.8, 4) is 11.5 Å². The number of imidazole rings is 1. The average molecular weight is 434 g/mol. The van der Waals surface area contributed by atoms with Crippen LogP contribution in [0.25, 0.3) is 0 Å². The van der Waals surface area contributed by atoms with Gasteiger partial charge in [-0.05, 0) is 12.5 Å². The second-order valence-electron chi connectivity index (χ2n) is 6.07. The fraction of sp³-hybridized carbons (Fsp3) is 0.278. The largest absolute Gasteiger partial charge is 0.495 e. The van der Waals surface area contributed by atoms with Gasteiger partial charge in [0.1, 0.15) is 17.8 Å². The Hall–Kier alpha value is -3.60. The van der Waals surface area contributed by atoms with Crippen molar-refractivity contribution in [3.63, 3.8) is 0 Å². The second-order valence-corrected chi connectivity index (χ2v) is 6.48. The van der Waals surface area contributed by atoms with Crippen molar-refractivity contribution in [2.45, 2.75) is 13.0 Å². The summed E-state index contributed by atoms with van der Waals surface area (Å²) in [4.78, 5) is 23.2. The molecule has 158 valence electrons. The van der Waals surface area contributed by atoms with Crippen molar-refractivity contribution < 1.29 is 14.4 Å². The molecule has 0 spiro atoms. The number of benzene rings is 1. The van der Waals surface area contributed by atoms with Gasteiger partial charge in [-0.25, -0.2) is 15.0 Å². The van der Waals surface area contributed by atoms with Crippen LogP contribution in [0.3, 0.4) is 0 Å². The van der Waals surface area contributed by atoms with Crippen molar-refractivity contribution in [2.75, 3.05) is 31.4 Å². The Morgan fingerprint density at radius 3 is 2.63 bits per heavy atom. The summed E-state index contributed by atoms with van der Waals surface area (Å²) in [5.74, 6) is 0.920. The molecule has 0 saturated heterocycles. The third kappa shape index (κ3) is 4.87. The number of anilines is 3. The van der Waals surface area contributed by atoms with Gasteiger partial charge >= 0.3 is 5.69 Å². The molecule has 0 unspecified atom stereocenters. The fourth-order valence-corrected chi connectivity index (χ4v) is 2.99. The van der Waals surface area contributed by atoms with E-state index >= 15 is 0 Å². The van der Waals surface area contributed by atoms with E-state index in [-0.39, 0.29) is 17.3 Å². The van der Waals surface area contributed by atoms with Crippen LogP contribution in [0.1, 0.15) is 6.42 Å². The highest BCUT2D eigenvalue weighted by Crippen LogP contribution is 2.39. The number of aryl methyl sites for hydroxylation is 1. The van der Waals surface area contributed by atoms with Crippen LogP contribution in [0.2, 0.25) is 5.02 Å².